The highest BCUT2D eigenvalue weighted by atomic mass is 35.5. The van der Waals surface area contributed by atoms with Crippen molar-refractivity contribution in [2.45, 2.75) is 18.2 Å². The van der Waals surface area contributed by atoms with Gasteiger partial charge < -0.3 is 4.74 Å². The zero-order valence-corrected chi connectivity index (χ0v) is 12.1. The Morgan fingerprint density at radius 3 is 2.53 bits per heavy atom. The van der Waals surface area contributed by atoms with Crippen LogP contribution in [0.25, 0.3) is 0 Å². The first-order valence-corrected chi connectivity index (χ1v) is 7.29. The van der Waals surface area contributed by atoms with Crippen LogP contribution in [0, 0.1) is 0 Å². The molecule has 0 unspecified atom stereocenters. The van der Waals surface area contributed by atoms with Crippen LogP contribution in [0.2, 0.25) is 5.28 Å². The molecule has 0 saturated carbocycles. The molecule has 0 aliphatic heterocycles. The lowest BCUT2D eigenvalue weighted by molar-refractivity contribution is -0.143. The zero-order valence-electron chi connectivity index (χ0n) is 10.5. The zero-order chi connectivity index (χ0) is 14.5. The van der Waals surface area contributed by atoms with Crippen molar-refractivity contribution >= 4 is 27.6 Å². The Hall–Kier alpha value is -1.25. The average Bonchev–Trinajstić information content (AvgIpc) is 2.36. The fraction of sp³-hybridized carbons (Fsp3) is 0.500. The largest absolute Gasteiger partial charge is 0.466 e. The lowest BCUT2D eigenvalue weighted by Gasteiger charge is -2.16. The molecule has 0 bridgehead atoms. The van der Waals surface area contributed by atoms with Gasteiger partial charge in [-0.3, -0.25) is 4.79 Å². The molecule has 0 aliphatic carbocycles. The minimum absolute atomic E-state index is 0.0159. The summed E-state index contributed by atoms with van der Waals surface area (Å²) in [5.41, 5.74) is 0. The molecular formula is C10H14ClN3O4S. The van der Waals surface area contributed by atoms with Crippen LogP contribution < -0.4 is 0 Å². The molecule has 1 aromatic heterocycles. The third kappa shape index (κ3) is 4.41. The number of hydrogen-bond donors (Lipinski definition) is 0. The topological polar surface area (TPSA) is 89.5 Å². The molecule has 19 heavy (non-hydrogen) atoms. The second kappa shape index (κ2) is 6.78. The smallest absolute Gasteiger partial charge is 0.307 e. The molecular weight excluding hydrogens is 294 g/mol. The van der Waals surface area contributed by atoms with E-state index in [2.05, 4.69) is 9.97 Å². The third-order valence-electron chi connectivity index (χ3n) is 2.24. The Labute approximate surface area is 116 Å². The first-order valence-electron chi connectivity index (χ1n) is 5.47. The van der Waals surface area contributed by atoms with Crippen LogP contribution in [0.15, 0.2) is 17.3 Å². The fourth-order valence-electron chi connectivity index (χ4n) is 1.22. The molecule has 0 saturated heterocycles. The first kappa shape index (κ1) is 15.8. The van der Waals surface area contributed by atoms with Crippen molar-refractivity contribution in [1.29, 1.82) is 0 Å². The van der Waals surface area contributed by atoms with E-state index in [1.165, 1.54) is 7.05 Å². The first-order chi connectivity index (χ1) is 8.87. The summed E-state index contributed by atoms with van der Waals surface area (Å²) in [6.07, 6.45) is 2.22. The molecule has 0 aromatic carbocycles. The van der Waals surface area contributed by atoms with E-state index >= 15 is 0 Å². The number of halogens is 1. The number of carbonyl (C=O) groups excluding carboxylic acids is 1. The van der Waals surface area contributed by atoms with Crippen LogP contribution >= 0.6 is 11.6 Å². The van der Waals surface area contributed by atoms with Gasteiger partial charge in [-0.1, -0.05) is 0 Å². The summed E-state index contributed by atoms with van der Waals surface area (Å²) >= 11 is 5.49. The highest BCUT2D eigenvalue weighted by molar-refractivity contribution is 7.89. The number of ether oxygens (including phenoxy) is 1. The van der Waals surface area contributed by atoms with E-state index in [1.807, 2.05) is 0 Å². The van der Waals surface area contributed by atoms with Gasteiger partial charge in [0, 0.05) is 13.6 Å². The van der Waals surface area contributed by atoms with Gasteiger partial charge in [0.2, 0.25) is 15.3 Å². The quantitative estimate of drug-likeness (QED) is 0.568. The van der Waals surface area contributed by atoms with Crippen LogP contribution in [-0.4, -0.2) is 48.9 Å². The molecule has 0 spiro atoms. The molecule has 7 nitrogen and oxygen atoms in total. The minimum atomic E-state index is -3.72. The Morgan fingerprint density at radius 1 is 1.42 bits per heavy atom. The maximum absolute atomic E-state index is 12.1. The summed E-state index contributed by atoms with van der Waals surface area (Å²) in [5.74, 6) is -0.447. The SMILES string of the molecule is CCOC(=O)CCN(C)S(=O)(=O)c1cnc(Cl)nc1. The number of carbonyl (C=O) groups is 1. The Balaban J connectivity index is 2.72. The number of esters is 1. The number of rotatable bonds is 6. The van der Waals surface area contributed by atoms with Crippen molar-refractivity contribution < 1.29 is 17.9 Å². The van der Waals surface area contributed by atoms with Crippen molar-refractivity contribution in [3.05, 3.63) is 17.7 Å². The molecule has 106 valence electrons. The van der Waals surface area contributed by atoms with Gasteiger partial charge in [0.15, 0.2) is 0 Å². The van der Waals surface area contributed by atoms with E-state index in [0.717, 1.165) is 16.7 Å². The normalized spacial score (nSPS) is 11.6. The molecule has 9 heteroatoms. The summed E-state index contributed by atoms with van der Waals surface area (Å²) in [6, 6.07) is 0. The standard InChI is InChI=1S/C10H14ClN3O4S/c1-3-18-9(15)4-5-14(2)19(16,17)8-6-12-10(11)13-7-8/h6-7H,3-5H2,1-2H3. The molecule has 0 atom stereocenters. The Kier molecular flexibility index (Phi) is 5.64. The molecule has 1 rings (SSSR count). The predicted octanol–water partition coefficient (Wildman–Crippen LogP) is 0.704. The van der Waals surface area contributed by atoms with E-state index in [1.54, 1.807) is 6.92 Å². The van der Waals surface area contributed by atoms with Gasteiger partial charge in [-0.15, -0.1) is 0 Å². The van der Waals surface area contributed by atoms with E-state index in [4.69, 9.17) is 16.3 Å². The van der Waals surface area contributed by atoms with Crippen molar-refractivity contribution in [2.75, 3.05) is 20.2 Å². The third-order valence-corrected chi connectivity index (χ3v) is 4.25. The lowest BCUT2D eigenvalue weighted by Crippen LogP contribution is -2.29. The van der Waals surface area contributed by atoms with Gasteiger partial charge in [0.25, 0.3) is 0 Å². The summed E-state index contributed by atoms with van der Waals surface area (Å²) in [4.78, 5) is 18.3. The molecule has 0 aliphatic rings. The van der Waals surface area contributed by atoms with Gasteiger partial charge in [0.05, 0.1) is 25.4 Å². The Morgan fingerprint density at radius 2 is 2.00 bits per heavy atom. The van der Waals surface area contributed by atoms with Crippen LogP contribution in [0.3, 0.4) is 0 Å². The molecule has 0 N–H and O–H groups in total. The van der Waals surface area contributed by atoms with E-state index in [9.17, 15) is 13.2 Å². The van der Waals surface area contributed by atoms with Crippen LogP contribution in [0.4, 0.5) is 0 Å². The molecule has 0 fully saturated rings. The van der Waals surface area contributed by atoms with Crippen LogP contribution in [0.5, 0.6) is 0 Å². The number of hydrogen-bond acceptors (Lipinski definition) is 6. The second-order valence-corrected chi connectivity index (χ2v) is 5.95. The van der Waals surface area contributed by atoms with Gasteiger partial charge in [-0.25, -0.2) is 22.7 Å². The van der Waals surface area contributed by atoms with E-state index < -0.39 is 16.0 Å². The predicted molar refractivity (Wildman–Crippen MR) is 68.1 cm³/mol. The fourth-order valence-corrected chi connectivity index (χ4v) is 2.38. The second-order valence-electron chi connectivity index (χ2n) is 3.57. The number of nitrogens with zero attached hydrogens (tertiary/aromatic N) is 3. The maximum atomic E-state index is 12.1. The van der Waals surface area contributed by atoms with Gasteiger partial charge in [0.1, 0.15) is 4.90 Å². The summed E-state index contributed by atoms with van der Waals surface area (Å²) in [5, 5.41) is -0.0341. The highest BCUT2D eigenvalue weighted by Crippen LogP contribution is 2.13. The van der Waals surface area contributed by atoms with Crippen molar-refractivity contribution in [3.8, 4) is 0 Å². The monoisotopic (exact) mass is 307 g/mol. The molecule has 0 radical (unpaired) electrons. The van der Waals surface area contributed by atoms with Gasteiger partial charge >= 0.3 is 5.97 Å². The van der Waals surface area contributed by atoms with Gasteiger partial charge in [-0.2, -0.15) is 0 Å². The Bertz CT molecular complexity index is 532. The maximum Gasteiger partial charge on any atom is 0.307 e. The van der Waals surface area contributed by atoms with E-state index in [-0.39, 0.29) is 29.8 Å². The summed E-state index contributed by atoms with van der Waals surface area (Å²) < 4.78 is 29.9. The molecule has 0 amide bonds. The highest BCUT2D eigenvalue weighted by Gasteiger charge is 2.22. The summed E-state index contributed by atoms with van der Waals surface area (Å²) in [6.45, 7) is 1.97. The van der Waals surface area contributed by atoms with E-state index in [0.29, 0.717) is 0 Å². The number of sulfonamides is 1. The summed E-state index contributed by atoms with van der Waals surface area (Å²) in [7, 11) is -2.36. The molecule has 1 aromatic rings. The van der Waals surface area contributed by atoms with Crippen molar-refractivity contribution in [1.82, 2.24) is 14.3 Å². The average molecular weight is 308 g/mol. The van der Waals surface area contributed by atoms with Crippen molar-refractivity contribution in [2.24, 2.45) is 0 Å². The van der Waals surface area contributed by atoms with Gasteiger partial charge in [-0.05, 0) is 18.5 Å². The van der Waals surface area contributed by atoms with Crippen LogP contribution in [0.1, 0.15) is 13.3 Å². The van der Waals surface area contributed by atoms with Crippen LogP contribution in [-0.2, 0) is 19.6 Å². The molecule has 1 heterocycles. The lowest BCUT2D eigenvalue weighted by atomic mass is 10.4. The minimum Gasteiger partial charge on any atom is -0.466 e. The number of aromatic nitrogens is 2. The van der Waals surface area contributed by atoms with Crippen molar-refractivity contribution in [3.63, 3.8) is 0 Å².